The van der Waals surface area contributed by atoms with Crippen molar-refractivity contribution in [2.45, 2.75) is 29.6 Å². The maximum Gasteiger partial charge on any atom is 0.258 e. The summed E-state index contributed by atoms with van der Waals surface area (Å²) in [7, 11) is -6.75. The van der Waals surface area contributed by atoms with Crippen LogP contribution in [0.2, 0.25) is 0 Å². The zero-order valence-corrected chi connectivity index (χ0v) is 17.0. The first-order chi connectivity index (χ1) is 12.5. The van der Waals surface area contributed by atoms with E-state index in [9.17, 15) is 21.6 Å². The third-order valence-electron chi connectivity index (χ3n) is 4.71. The van der Waals surface area contributed by atoms with Crippen molar-refractivity contribution in [1.82, 2.24) is 0 Å². The molecule has 144 valence electrons. The van der Waals surface area contributed by atoms with E-state index >= 15 is 0 Å². The van der Waals surface area contributed by atoms with E-state index in [2.05, 4.69) is 0 Å². The van der Waals surface area contributed by atoms with Crippen LogP contribution in [-0.2, 0) is 26.1 Å². The lowest BCUT2D eigenvalue weighted by molar-refractivity contribution is 0.0984. The number of rotatable bonds is 3. The van der Waals surface area contributed by atoms with Gasteiger partial charge < -0.3 is 4.90 Å². The predicted molar refractivity (Wildman–Crippen MR) is 104 cm³/mol. The third-order valence-corrected chi connectivity index (χ3v) is 6.93. The number of nitrogens with zero attached hydrogens (tertiary/aromatic N) is 1. The lowest BCUT2D eigenvalue weighted by Gasteiger charge is -2.30. The highest BCUT2D eigenvalue weighted by molar-refractivity contribution is 7.91. The highest BCUT2D eigenvalue weighted by Crippen LogP contribution is 2.31. The lowest BCUT2D eigenvalue weighted by atomic mass is 9.99. The second-order valence-electron chi connectivity index (χ2n) is 6.87. The Bertz CT molecular complexity index is 1130. The Balaban J connectivity index is 2.06. The lowest BCUT2D eigenvalue weighted by Crippen LogP contribution is -2.36. The molecule has 0 bridgehead atoms. The molecular formula is C19H21NO5S2. The van der Waals surface area contributed by atoms with E-state index in [0.29, 0.717) is 36.2 Å². The number of carbonyl (C=O) groups excluding carboxylic acids is 1. The summed E-state index contributed by atoms with van der Waals surface area (Å²) in [5.41, 5.74) is 2.49. The van der Waals surface area contributed by atoms with Crippen LogP contribution < -0.4 is 4.90 Å². The quantitative estimate of drug-likeness (QED) is 0.779. The van der Waals surface area contributed by atoms with E-state index in [4.69, 9.17) is 0 Å². The van der Waals surface area contributed by atoms with Crippen LogP contribution >= 0.6 is 0 Å². The molecule has 1 aliphatic rings. The molecule has 1 amide bonds. The molecule has 0 atom stereocenters. The molecule has 0 saturated heterocycles. The van der Waals surface area contributed by atoms with Crippen LogP contribution in [-0.4, -0.2) is 41.8 Å². The molecule has 0 saturated carbocycles. The molecule has 0 aromatic heterocycles. The Hall–Kier alpha value is -2.19. The number of hydrogen-bond donors (Lipinski definition) is 0. The van der Waals surface area contributed by atoms with E-state index in [1.807, 2.05) is 0 Å². The van der Waals surface area contributed by atoms with Gasteiger partial charge in [0.25, 0.3) is 5.91 Å². The molecule has 0 N–H and O–H groups in total. The number of carbonyl (C=O) groups is 1. The summed E-state index contributed by atoms with van der Waals surface area (Å²) in [5, 5.41) is 0. The van der Waals surface area contributed by atoms with Crippen molar-refractivity contribution in [3.8, 4) is 0 Å². The van der Waals surface area contributed by atoms with E-state index in [-0.39, 0.29) is 15.7 Å². The second kappa shape index (κ2) is 6.76. The minimum Gasteiger partial charge on any atom is -0.308 e. The molecule has 2 aromatic rings. The number of amides is 1. The second-order valence-corrected chi connectivity index (χ2v) is 10.9. The van der Waals surface area contributed by atoms with Crippen molar-refractivity contribution >= 4 is 31.3 Å². The Morgan fingerprint density at radius 2 is 1.52 bits per heavy atom. The fraction of sp³-hybridized carbons (Fsp3) is 0.316. The number of anilines is 1. The van der Waals surface area contributed by atoms with Gasteiger partial charge in [-0.1, -0.05) is 6.07 Å². The summed E-state index contributed by atoms with van der Waals surface area (Å²) in [4.78, 5) is 15.1. The van der Waals surface area contributed by atoms with Crippen molar-refractivity contribution < 1.29 is 21.6 Å². The summed E-state index contributed by atoms with van der Waals surface area (Å²) in [6, 6.07) is 9.29. The minimum atomic E-state index is -3.43. The molecule has 6 nitrogen and oxygen atoms in total. The van der Waals surface area contributed by atoms with E-state index in [1.165, 1.54) is 18.2 Å². The normalized spacial score (nSPS) is 14.7. The van der Waals surface area contributed by atoms with Crippen molar-refractivity contribution in [3.05, 3.63) is 53.1 Å². The molecule has 0 unspecified atom stereocenters. The Labute approximate surface area is 159 Å². The van der Waals surface area contributed by atoms with Crippen LogP contribution in [0.3, 0.4) is 0 Å². The van der Waals surface area contributed by atoms with Crippen molar-refractivity contribution in [2.75, 3.05) is 24.0 Å². The van der Waals surface area contributed by atoms with Gasteiger partial charge in [0.2, 0.25) is 0 Å². The fourth-order valence-corrected chi connectivity index (χ4v) is 4.54. The van der Waals surface area contributed by atoms with Crippen LogP contribution in [0, 0.1) is 6.92 Å². The molecule has 27 heavy (non-hydrogen) atoms. The summed E-state index contributed by atoms with van der Waals surface area (Å²) >= 11 is 0. The largest absolute Gasteiger partial charge is 0.308 e. The topological polar surface area (TPSA) is 88.6 Å². The highest BCUT2D eigenvalue weighted by Gasteiger charge is 2.26. The predicted octanol–water partition coefficient (Wildman–Crippen LogP) is 2.40. The molecule has 1 aliphatic heterocycles. The molecule has 0 aliphatic carbocycles. The smallest absolute Gasteiger partial charge is 0.258 e. The van der Waals surface area contributed by atoms with Crippen LogP contribution in [0.4, 0.5) is 5.69 Å². The Morgan fingerprint density at radius 1 is 0.926 bits per heavy atom. The number of aryl methyl sites for hydroxylation is 2. The Morgan fingerprint density at radius 3 is 2.15 bits per heavy atom. The minimum absolute atomic E-state index is 0.0982. The van der Waals surface area contributed by atoms with E-state index in [1.54, 1.807) is 30.0 Å². The summed E-state index contributed by atoms with van der Waals surface area (Å²) < 4.78 is 47.3. The van der Waals surface area contributed by atoms with Gasteiger partial charge in [0, 0.05) is 30.3 Å². The average molecular weight is 408 g/mol. The monoisotopic (exact) mass is 407 g/mol. The zero-order valence-electron chi connectivity index (χ0n) is 15.4. The maximum atomic E-state index is 13.2. The van der Waals surface area contributed by atoms with Gasteiger partial charge in [0.05, 0.1) is 9.79 Å². The highest BCUT2D eigenvalue weighted by atomic mass is 32.2. The Kier molecular flexibility index (Phi) is 4.90. The molecule has 8 heteroatoms. The van der Waals surface area contributed by atoms with Gasteiger partial charge in [-0.2, -0.15) is 0 Å². The average Bonchev–Trinajstić information content (AvgIpc) is 2.58. The van der Waals surface area contributed by atoms with Gasteiger partial charge in [-0.05, 0) is 61.2 Å². The summed E-state index contributed by atoms with van der Waals surface area (Å²) in [5.74, 6) is -0.286. The molecule has 0 fully saturated rings. The van der Waals surface area contributed by atoms with Gasteiger partial charge >= 0.3 is 0 Å². The van der Waals surface area contributed by atoms with Crippen LogP contribution in [0.5, 0.6) is 0 Å². The first-order valence-corrected chi connectivity index (χ1v) is 12.2. The zero-order chi connectivity index (χ0) is 20.0. The standard InChI is InChI=1S/C19H21NO5S2/c1-13-6-7-16(27(3,24)25)12-17(13)19(21)20-10-4-5-14-11-15(26(2,22)23)8-9-18(14)20/h6-9,11-12H,4-5,10H2,1-3H3. The third kappa shape index (κ3) is 3.91. The van der Waals surface area contributed by atoms with Gasteiger partial charge in [-0.3, -0.25) is 4.79 Å². The van der Waals surface area contributed by atoms with Crippen LogP contribution in [0.15, 0.2) is 46.2 Å². The van der Waals surface area contributed by atoms with Crippen molar-refractivity contribution in [3.63, 3.8) is 0 Å². The molecule has 0 radical (unpaired) electrons. The first-order valence-electron chi connectivity index (χ1n) is 8.44. The van der Waals surface area contributed by atoms with E-state index in [0.717, 1.165) is 18.1 Å². The summed E-state index contributed by atoms with van der Waals surface area (Å²) in [6.07, 6.45) is 3.65. The number of sulfone groups is 2. The van der Waals surface area contributed by atoms with Crippen LogP contribution in [0.1, 0.15) is 27.9 Å². The van der Waals surface area contributed by atoms with E-state index < -0.39 is 19.7 Å². The first kappa shape index (κ1) is 19.6. The van der Waals surface area contributed by atoms with Gasteiger partial charge in [-0.25, -0.2) is 16.8 Å². The fourth-order valence-electron chi connectivity index (χ4n) is 3.22. The number of fused-ring (bicyclic) bond motifs is 1. The molecule has 2 aromatic carbocycles. The van der Waals surface area contributed by atoms with Crippen molar-refractivity contribution in [1.29, 1.82) is 0 Å². The molecular weight excluding hydrogens is 386 g/mol. The molecule has 1 heterocycles. The van der Waals surface area contributed by atoms with Crippen LogP contribution in [0.25, 0.3) is 0 Å². The molecule has 3 rings (SSSR count). The summed E-state index contributed by atoms with van der Waals surface area (Å²) in [6.45, 7) is 2.25. The van der Waals surface area contributed by atoms with Gasteiger partial charge in [0.15, 0.2) is 19.7 Å². The molecule has 0 spiro atoms. The maximum absolute atomic E-state index is 13.2. The van der Waals surface area contributed by atoms with Gasteiger partial charge in [-0.15, -0.1) is 0 Å². The number of hydrogen-bond acceptors (Lipinski definition) is 5. The number of benzene rings is 2. The van der Waals surface area contributed by atoms with Gasteiger partial charge in [0.1, 0.15) is 0 Å². The SMILES string of the molecule is Cc1ccc(S(C)(=O)=O)cc1C(=O)N1CCCc2cc(S(C)(=O)=O)ccc21. The van der Waals surface area contributed by atoms with Crippen molar-refractivity contribution in [2.24, 2.45) is 0 Å².